The smallest absolute Gasteiger partial charge is 0.338 e. The first kappa shape index (κ1) is 22.8. The van der Waals surface area contributed by atoms with Crippen LogP contribution in [0, 0.1) is 0 Å². The molecule has 0 atom stereocenters. The molecule has 0 spiro atoms. The predicted molar refractivity (Wildman–Crippen MR) is 128 cm³/mol. The summed E-state index contributed by atoms with van der Waals surface area (Å²) in [6, 6.07) is 14.4. The number of carbonyl (C=O) groups is 2. The lowest BCUT2D eigenvalue weighted by molar-refractivity contribution is -0.117. The van der Waals surface area contributed by atoms with Gasteiger partial charge in [-0.2, -0.15) is 0 Å². The van der Waals surface area contributed by atoms with Crippen LogP contribution in [0.15, 0.2) is 60.9 Å². The second-order valence-corrected chi connectivity index (χ2v) is 8.12. The van der Waals surface area contributed by atoms with Gasteiger partial charge in [-0.1, -0.05) is 17.7 Å². The molecule has 1 saturated heterocycles. The highest BCUT2D eigenvalue weighted by molar-refractivity contribution is 6.30. The lowest BCUT2D eigenvalue weighted by Crippen LogP contribution is -2.49. The van der Waals surface area contributed by atoms with Crippen LogP contribution in [0.25, 0.3) is 5.69 Å². The van der Waals surface area contributed by atoms with Gasteiger partial charge in [0.2, 0.25) is 11.9 Å². The molecule has 4 rings (SSSR count). The van der Waals surface area contributed by atoms with Crippen molar-refractivity contribution in [1.82, 2.24) is 14.5 Å². The number of hydrogen-bond donors (Lipinski definition) is 1. The maximum absolute atomic E-state index is 12.5. The number of aromatic nitrogens is 2. The van der Waals surface area contributed by atoms with Gasteiger partial charge in [0.05, 0.1) is 18.7 Å². The fourth-order valence-electron chi connectivity index (χ4n) is 3.77. The fraction of sp³-hybridized carbons (Fsp3) is 0.292. The van der Waals surface area contributed by atoms with Gasteiger partial charge in [0, 0.05) is 55.0 Å². The van der Waals surface area contributed by atoms with E-state index in [1.165, 1.54) is 0 Å². The summed E-state index contributed by atoms with van der Waals surface area (Å²) in [6.45, 7) is 5.41. The average molecular weight is 468 g/mol. The molecule has 9 heteroatoms. The number of imidazole rings is 1. The quantitative estimate of drug-likeness (QED) is 0.536. The Morgan fingerprint density at radius 3 is 2.55 bits per heavy atom. The first-order valence-corrected chi connectivity index (χ1v) is 11.2. The van der Waals surface area contributed by atoms with Gasteiger partial charge in [-0.25, -0.2) is 9.78 Å². The summed E-state index contributed by atoms with van der Waals surface area (Å²) in [6.07, 6.45) is 3.71. The molecule has 8 nitrogen and oxygen atoms in total. The van der Waals surface area contributed by atoms with Crippen molar-refractivity contribution in [2.45, 2.75) is 6.92 Å². The van der Waals surface area contributed by atoms with Crippen molar-refractivity contribution in [3.05, 3.63) is 71.5 Å². The van der Waals surface area contributed by atoms with E-state index < -0.39 is 0 Å². The van der Waals surface area contributed by atoms with Crippen LogP contribution in [0.5, 0.6) is 0 Å². The van der Waals surface area contributed by atoms with E-state index in [0.717, 1.165) is 37.8 Å². The summed E-state index contributed by atoms with van der Waals surface area (Å²) >= 11 is 6.15. The number of esters is 1. The van der Waals surface area contributed by atoms with Crippen molar-refractivity contribution in [3.8, 4) is 5.69 Å². The number of nitrogens with one attached hydrogen (secondary N) is 1. The molecule has 0 saturated carbocycles. The van der Waals surface area contributed by atoms with Crippen molar-refractivity contribution in [1.29, 1.82) is 0 Å². The Kier molecular flexibility index (Phi) is 7.26. The second kappa shape index (κ2) is 10.5. The van der Waals surface area contributed by atoms with Crippen molar-refractivity contribution in [3.63, 3.8) is 0 Å². The molecule has 3 aromatic rings. The summed E-state index contributed by atoms with van der Waals surface area (Å²) in [5, 5.41) is 3.57. The Hall–Kier alpha value is -3.36. The Morgan fingerprint density at radius 1 is 1.09 bits per heavy atom. The maximum Gasteiger partial charge on any atom is 0.338 e. The van der Waals surface area contributed by atoms with E-state index in [1.54, 1.807) is 37.4 Å². The van der Waals surface area contributed by atoms with Crippen LogP contribution in [0.2, 0.25) is 5.02 Å². The number of anilines is 2. The van der Waals surface area contributed by atoms with Crippen LogP contribution >= 0.6 is 11.6 Å². The van der Waals surface area contributed by atoms with E-state index in [9.17, 15) is 9.59 Å². The highest BCUT2D eigenvalue weighted by atomic mass is 35.5. The molecule has 1 fully saturated rings. The molecule has 2 heterocycles. The average Bonchev–Trinajstić information content (AvgIpc) is 3.30. The van der Waals surface area contributed by atoms with Crippen molar-refractivity contribution >= 4 is 35.1 Å². The lowest BCUT2D eigenvalue weighted by Gasteiger charge is -2.35. The molecule has 0 bridgehead atoms. The maximum atomic E-state index is 12.5. The SMILES string of the molecule is CCOC(=O)c1ccc(NC(=O)CN2CCN(c3nccn3-c3cccc(Cl)c3)CC2)cc1. The van der Waals surface area contributed by atoms with Gasteiger partial charge in [-0.3, -0.25) is 14.3 Å². The minimum atomic E-state index is -0.371. The van der Waals surface area contributed by atoms with Crippen LogP contribution in [-0.2, 0) is 9.53 Å². The molecule has 0 unspecified atom stereocenters. The summed E-state index contributed by atoms with van der Waals surface area (Å²) < 4.78 is 7.00. The summed E-state index contributed by atoms with van der Waals surface area (Å²) in [4.78, 5) is 33.1. The zero-order chi connectivity index (χ0) is 23.2. The number of halogens is 1. The van der Waals surface area contributed by atoms with Crippen molar-refractivity contribution in [2.75, 3.05) is 49.5 Å². The lowest BCUT2D eigenvalue weighted by atomic mass is 10.2. The molecule has 1 amide bonds. The number of benzene rings is 2. The van der Waals surface area contributed by atoms with Crippen molar-refractivity contribution < 1.29 is 14.3 Å². The molecular formula is C24H26ClN5O3. The topological polar surface area (TPSA) is 79.7 Å². The van der Waals surface area contributed by atoms with E-state index in [0.29, 0.717) is 29.4 Å². The number of piperazine rings is 1. The Morgan fingerprint density at radius 2 is 1.85 bits per heavy atom. The Labute approximate surface area is 197 Å². The summed E-state index contributed by atoms with van der Waals surface area (Å²) in [5.41, 5.74) is 2.07. The molecule has 172 valence electrons. The standard InChI is InChI=1S/C24H26ClN5O3/c1-2-33-23(32)18-6-8-20(9-7-18)27-22(31)17-28-12-14-29(15-13-28)24-26-10-11-30(24)21-5-3-4-19(25)16-21/h3-11,16H,2,12-15,17H2,1H3,(H,27,31). The van der Waals surface area contributed by atoms with E-state index in [2.05, 4.69) is 20.1 Å². The summed E-state index contributed by atoms with van der Waals surface area (Å²) in [5.74, 6) is 0.403. The first-order valence-electron chi connectivity index (χ1n) is 10.9. The van der Waals surface area contributed by atoms with Gasteiger partial charge in [0.1, 0.15) is 0 Å². The third kappa shape index (κ3) is 5.71. The van der Waals surface area contributed by atoms with Crippen LogP contribution in [-0.4, -0.2) is 65.7 Å². The zero-order valence-corrected chi connectivity index (χ0v) is 19.2. The minimum absolute atomic E-state index is 0.0900. The molecule has 1 aromatic heterocycles. The molecular weight excluding hydrogens is 442 g/mol. The molecule has 1 N–H and O–H groups in total. The number of hydrogen-bond acceptors (Lipinski definition) is 6. The van der Waals surface area contributed by atoms with Gasteiger partial charge in [-0.05, 0) is 49.4 Å². The number of nitrogens with zero attached hydrogens (tertiary/aromatic N) is 4. The number of carbonyl (C=O) groups excluding carboxylic acids is 2. The van der Waals surface area contributed by atoms with Crippen LogP contribution < -0.4 is 10.2 Å². The molecule has 0 aliphatic carbocycles. The van der Waals surface area contributed by atoms with Gasteiger partial charge in [0.25, 0.3) is 0 Å². The molecule has 1 aliphatic heterocycles. The fourth-order valence-corrected chi connectivity index (χ4v) is 3.96. The number of amides is 1. The predicted octanol–water partition coefficient (Wildman–Crippen LogP) is 3.46. The third-order valence-electron chi connectivity index (χ3n) is 5.41. The molecule has 1 aliphatic rings. The monoisotopic (exact) mass is 467 g/mol. The van der Waals surface area contributed by atoms with E-state index in [4.69, 9.17) is 16.3 Å². The highest BCUT2D eigenvalue weighted by Gasteiger charge is 2.22. The van der Waals surface area contributed by atoms with Crippen LogP contribution in [0.4, 0.5) is 11.6 Å². The van der Waals surface area contributed by atoms with Gasteiger partial charge < -0.3 is 15.0 Å². The van der Waals surface area contributed by atoms with Crippen LogP contribution in [0.1, 0.15) is 17.3 Å². The normalized spacial score (nSPS) is 14.2. The van der Waals surface area contributed by atoms with E-state index in [-0.39, 0.29) is 11.9 Å². The highest BCUT2D eigenvalue weighted by Crippen LogP contribution is 2.22. The van der Waals surface area contributed by atoms with Crippen LogP contribution in [0.3, 0.4) is 0 Å². The van der Waals surface area contributed by atoms with E-state index in [1.807, 2.05) is 35.0 Å². The Balaban J connectivity index is 1.29. The Bertz CT molecular complexity index is 1110. The molecule has 33 heavy (non-hydrogen) atoms. The van der Waals surface area contributed by atoms with Gasteiger partial charge >= 0.3 is 5.97 Å². The molecule has 2 aromatic carbocycles. The first-order chi connectivity index (χ1) is 16.0. The third-order valence-corrected chi connectivity index (χ3v) is 5.64. The van der Waals surface area contributed by atoms with Crippen molar-refractivity contribution in [2.24, 2.45) is 0 Å². The number of ether oxygens (including phenoxy) is 1. The largest absolute Gasteiger partial charge is 0.462 e. The molecule has 0 radical (unpaired) electrons. The zero-order valence-electron chi connectivity index (χ0n) is 18.4. The summed E-state index contributed by atoms with van der Waals surface area (Å²) in [7, 11) is 0. The van der Waals surface area contributed by atoms with Gasteiger partial charge in [-0.15, -0.1) is 0 Å². The van der Waals surface area contributed by atoms with Gasteiger partial charge in [0.15, 0.2) is 0 Å². The van der Waals surface area contributed by atoms with E-state index >= 15 is 0 Å². The number of rotatable bonds is 7. The minimum Gasteiger partial charge on any atom is -0.462 e. The second-order valence-electron chi connectivity index (χ2n) is 7.69.